The van der Waals surface area contributed by atoms with Gasteiger partial charge in [0.05, 0.1) is 6.10 Å². The summed E-state index contributed by atoms with van der Waals surface area (Å²) in [6, 6.07) is 8.73. The van der Waals surface area contributed by atoms with Crippen LogP contribution in [0.1, 0.15) is 28.7 Å². The number of aliphatic hydroxyl groups excluding tert-OH is 1. The van der Waals surface area contributed by atoms with E-state index in [9.17, 15) is 13.9 Å². The van der Waals surface area contributed by atoms with E-state index in [1.165, 1.54) is 12.1 Å². The third kappa shape index (κ3) is 3.67. The van der Waals surface area contributed by atoms with Crippen molar-refractivity contribution in [1.29, 1.82) is 0 Å². The van der Waals surface area contributed by atoms with Gasteiger partial charge in [0.15, 0.2) is 0 Å². The van der Waals surface area contributed by atoms with Crippen LogP contribution in [0.25, 0.3) is 0 Å². The first-order valence-corrected chi connectivity index (χ1v) is 7.32. The minimum atomic E-state index is -0.936. The number of benzene rings is 2. The molecule has 0 aliphatic heterocycles. The monoisotopic (exact) mass is 355 g/mol. The molecule has 0 bridgehead atoms. The molecule has 0 fully saturated rings. The Kier molecular flexibility index (Phi) is 5.08. The van der Waals surface area contributed by atoms with E-state index in [2.05, 4.69) is 15.9 Å². The van der Waals surface area contributed by atoms with Gasteiger partial charge in [-0.3, -0.25) is 0 Å². The Morgan fingerprint density at radius 1 is 1.14 bits per heavy atom. The fourth-order valence-electron chi connectivity index (χ4n) is 2.38. The number of hydrogen-bond donors (Lipinski definition) is 2. The van der Waals surface area contributed by atoms with Crippen molar-refractivity contribution in [3.05, 3.63) is 69.2 Å². The van der Waals surface area contributed by atoms with E-state index in [0.29, 0.717) is 11.1 Å². The van der Waals surface area contributed by atoms with Gasteiger partial charge in [-0.25, -0.2) is 8.78 Å². The molecule has 0 saturated carbocycles. The van der Waals surface area contributed by atoms with Crippen LogP contribution >= 0.6 is 15.9 Å². The maximum atomic E-state index is 13.4. The van der Waals surface area contributed by atoms with Crippen LogP contribution < -0.4 is 5.73 Å². The lowest BCUT2D eigenvalue weighted by molar-refractivity contribution is 0.146. The second-order valence-corrected chi connectivity index (χ2v) is 5.91. The summed E-state index contributed by atoms with van der Waals surface area (Å²) in [6.45, 7) is 1.95. The molecule has 0 radical (unpaired) electrons. The highest BCUT2D eigenvalue weighted by atomic mass is 79.9. The number of rotatable bonds is 4. The van der Waals surface area contributed by atoms with E-state index in [4.69, 9.17) is 5.73 Å². The van der Waals surface area contributed by atoms with Crippen molar-refractivity contribution in [3.8, 4) is 0 Å². The van der Waals surface area contributed by atoms with E-state index in [1.54, 1.807) is 6.07 Å². The molecule has 2 aromatic carbocycles. The normalized spacial score (nSPS) is 14.0. The molecule has 2 aromatic rings. The van der Waals surface area contributed by atoms with Crippen LogP contribution in [0.2, 0.25) is 0 Å². The van der Waals surface area contributed by atoms with Crippen molar-refractivity contribution in [2.75, 3.05) is 6.54 Å². The van der Waals surface area contributed by atoms with Crippen molar-refractivity contribution >= 4 is 15.9 Å². The van der Waals surface area contributed by atoms with Crippen molar-refractivity contribution in [2.45, 2.75) is 18.9 Å². The van der Waals surface area contributed by atoms with Gasteiger partial charge in [0.25, 0.3) is 0 Å². The van der Waals surface area contributed by atoms with Gasteiger partial charge in [-0.15, -0.1) is 0 Å². The Hall–Kier alpha value is -1.30. The minimum Gasteiger partial charge on any atom is -0.388 e. The largest absolute Gasteiger partial charge is 0.388 e. The summed E-state index contributed by atoms with van der Waals surface area (Å²) in [6.07, 6.45) is -0.936. The Labute approximate surface area is 130 Å². The number of nitrogens with two attached hydrogens (primary N) is 1. The second kappa shape index (κ2) is 6.64. The Balaban J connectivity index is 2.42. The number of aliphatic hydroxyl groups is 1. The summed E-state index contributed by atoms with van der Waals surface area (Å²) in [7, 11) is 0. The average Bonchev–Trinajstić information content (AvgIpc) is 2.41. The first-order chi connectivity index (χ1) is 9.92. The summed E-state index contributed by atoms with van der Waals surface area (Å²) in [5, 5.41) is 10.6. The van der Waals surface area contributed by atoms with Gasteiger partial charge in [0.2, 0.25) is 0 Å². The molecule has 3 N–H and O–H groups in total. The fraction of sp³-hybridized carbons (Fsp3) is 0.250. The predicted octanol–water partition coefficient (Wildman–Crippen LogP) is 3.81. The molecule has 0 aromatic heterocycles. The average molecular weight is 356 g/mol. The van der Waals surface area contributed by atoms with Gasteiger partial charge < -0.3 is 10.8 Å². The second-order valence-electron chi connectivity index (χ2n) is 4.99. The highest BCUT2D eigenvalue weighted by Crippen LogP contribution is 2.33. The molecule has 2 unspecified atom stereocenters. The molecule has 2 rings (SSSR count). The van der Waals surface area contributed by atoms with Crippen molar-refractivity contribution in [3.63, 3.8) is 0 Å². The molecule has 112 valence electrons. The molecule has 0 aliphatic carbocycles. The van der Waals surface area contributed by atoms with Gasteiger partial charge in [-0.2, -0.15) is 0 Å². The van der Waals surface area contributed by atoms with Crippen LogP contribution in [0.4, 0.5) is 8.78 Å². The topological polar surface area (TPSA) is 46.2 Å². The molecule has 2 nitrogen and oxygen atoms in total. The maximum Gasteiger partial charge on any atom is 0.126 e. The molecule has 2 atom stereocenters. The molecule has 0 saturated heterocycles. The van der Waals surface area contributed by atoms with Gasteiger partial charge in [-0.1, -0.05) is 22.0 Å². The quantitative estimate of drug-likeness (QED) is 0.875. The first-order valence-electron chi connectivity index (χ1n) is 6.52. The Morgan fingerprint density at radius 3 is 2.33 bits per heavy atom. The zero-order valence-electron chi connectivity index (χ0n) is 11.5. The van der Waals surface area contributed by atoms with E-state index in [1.807, 2.05) is 19.1 Å². The summed E-state index contributed by atoms with van der Waals surface area (Å²) >= 11 is 3.35. The van der Waals surface area contributed by atoms with Gasteiger partial charge in [0.1, 0.15) is 11.6 Å². The molecule has 5 heteroatoms. The predicted molar refractivity (Wildman–Crippen MR) is 82.0 cm³/mol. The fourth-order valence-corrected chi connectivity index (χ4v) is 2.76. The minimum absolute atomic E-state index is 0.0794. The lowest BCUT2D eigenvalue weighted by atomic mass is 9.87. The standard InChI is InChI=1S/C16H16BrF2NO/c1-9-2-3-11(17)6-14(9)16(21)15(8-20)10-4-12(18)7-13(19)5-10/h2-7,15-16,21H,8,20H2,1H3. The molecule has 0 amide bonds. The molecule has 0 aliphatic rings. The van der Waals surface area contributed by atoms with Gasteiger partial charge >= 0.3 is 0 Å². The van der Waals surface area contributed by atoms with E-state index in [-0.39, 0.29) is 6.54 Å². The van der Waals surface area contributed by atoms with Crippen molar-refractivity contribution < 1.29 is 13.9 Å². The SMILES string of the molecule is Cc1ccc(Br)cc1C(O)C(CN)c1cc(F)cc(F)c1. The summed E-state index contributed by atoms with van der Waals surface area (Å²) < 4.78 is 27.6. The third-order valence-electron chi connectivity index (χ3n) is 3.51. The summed E-state index contributed by atoms with van der Waals surface area (Å²) in [5.74, 6) is -1.94. The molecule has 0 spiro atoms. The van der Waals surface area contributed by atoms with Crippen molar-refractivity contribution in [1.82, 2.24) is 0 Å². The van der Waals surface area contributed by atoms with Gasteiger partial charge in [0, 0.05) is 23.0 Å². The van der Waals surface area contributed by atoms with Crippen molar-refractivity contribution in [2.24, 2.45) is 5.73 Å². The highest BCUT2D eigenvalue weighted by Gasteiger charge is 2.24. The zero-order valence-corrected chi connectivity index (χ0v) is 13.1. The Bertz CT molecular complexity index is 628. The Morgan fingerprint density at radius 2 is 1.76 bits per heavy atom. The maximum absolute atomic E-state index is 13.4. The van der Waals surface area contributed by atoms with Gasteiger partial charge in [-0.05, 0) is 47.9 Å². The summed E-state index contributed by atoms with van der Waals surface area (Å²) in [4.78, 5) is 0. The lowest BCUT2D eigenvalue weighted by Crippen LogP contribution is -2.21. The zero-order chi connectivity index (χ0) is 15.6. The number of hydrogen-bond acceptors (Lipinski definition) is 2. The lowest BCUT2D eigenvalue weighted by Gasteiger charge is -2.24. The van der Waals surface area contributed by atoms with E-state index < -0.39 is 23.7 Å². The molecule has 0 heterocycles. The van der Waals surface area contributed by atoms with Crippen LogP contribution in [-0.4, -0.2) is 11.7 Å². The van der Waals surface area contributed by atoms with Crippen LogP contribution in [0.5, 0.6) is 0 Å². The first kappa shape index (κ1) is 16.1. The van der Waals surface area contributed by atoms with Crippen LogP contribution in [0.3, 0.4) is 0 Å². The summed E-state index contributed by atoms with van der Waals surface area (Å²) in [5.41, 5.74) is 7.64. The van der Waals surface area contributed by atoms with Crippen LogP contribution in [-0.2, 0) is 0 Å². The van der Waals surface area contributed by atoms with Crippen LogP contribution in [0, 0.1) is 18.6 Å². The molecular formula is C16H16BrF2NO. The van der Waals surface area contributed by atoms with E-state index >= 15 is 0 Å². The van der Waals surface area contributed by atoms with E-state index in [0.717, 1.165) is 16.1 Å². The number of halogens is 3. The smallest absolute Gasteiger partial charge is 0.126 e. The number of aryl methyl sites for hydroxylation is 1. The molecular weight excluding hydrogens is 340 g/mol. The van der Waals surface area contributed by atoms with Crippen LogP contribution in [0.15, 0.2) is 40.9 Å². The molecule has 21 heavy (non-hydrogen) atoms. The highest BCUT2D eigenvalue weighted by molar-refractivity contribution is 9.10. The third-order valence-corrected chi connectivity index (χ3v) is 4.00.